The van der Waals surface area contributed by atoms with E-state index in [9.17, 15) is 9.90 Å². The van der Waals surface area contributed by atoms with Crippen molar-refractivity contribution in [2.75, 3.05) is 12.0 Å². The molecule has 0 bridgehead atoms. The zero-order valence-corrected chi connectivity index (χ0v) is 10.9. The van der Waals surface area contributed by atoms with Gasteiger partial charge in [-0.05, 0) is 39.3 Å². The third-order valence-electron chi connectivity index (χ3n) is 2.51. The number of benzene rings is 1. The summed E-state index contributed by atoms with van der Waals surface area (Å²) in [6, 6.07) is 5.49. The number of carbonyl (C=O) groups is 1. The summed E-state index contributed by atoms with van der Waals surface area (Å²) >= 11 is 0. The van der Waals surface area contributed by atoms with Crippen molar-refractivity contribution in [2.45, 2.75) is 33.2 Å². The second kappa shape index (κ2) is 4.65. The van der Waals surface area contributed by atoms with Crippen LogP contribution in [-0.2, 0) is 0 Å². The summed E-state index contributed by atoms with van der Waals surface area (Å²) in [6.07, 6.45) is -0.981. The molecule has 0 atom stereocenters. The van der Waals surface area contributed by atoms with Gasteiger partial charge in [0.1, 0.15) is 5.75 Å². The maximum atomic E-state index is 11.4. The summed E-state index contributed by atoms with van der Waals surface area (Å²) in [7, 11) is 1.54. The molecular formula is C13H19NO3. The molecule has 17 heavy (non-hydrogen) atoms. The van der Waals surface area contributed by atoms with Gasteiger partial charge in [0, 0.05) is 5.54 Å². The van der Waals surface area contributed by atoms with Crippen LogP contribution in [0.25, 0.3) is 0 Å². The highest BCUT2D eigenvalue weighted by atomic mass is 16.5. The molecule has 0 aromatic heterocycles. The van der Waals surface area contributed by atoms with Crippen LogP contribution in [-0.4, -0.2) is 23.8 Å². The lowest BCUT2D eigenvalue weighted by Crippen LogP contribution is -2.45. The zero-order chi connectivity index (χ0) is 13.2. The van der Waals surface area contributed by atoms with Gasteiger partial charge in [-0.1, -0.05) is 12.1 Å². The molecule has 0 spiro atoms. The fraction of sp³-hybridized carbons (Fsp3) is 0.462. The van der Waals surface area contributed by atoms with Crippen molar-refractivity contribution >= 4 is 11.8 Å². The van der Waals surface area contributed by atoms with E-state index in [4.69, 9.17) is 4.74 Å². The number of hydrogen-bond donors (Lipinski definition) is 1. The van der Waals surface area contributed by atoms with Crippen molar-refractivity contribution in [3.63, 3.8) is 0 Å². The molecule has 0 fully saturated rings. The van der Waals surface area contributed by atoms with Crippen LogP contribution in [0.4, 0.5) is 10.5 Å². The quantitative estimate of drug-likeness (QED) is 0.858. The molecule has 0 aliphatic heterocycles. The average molecular weight is 237 g/mol. The molecule has 1 rings (SSSR count). The Kier molecular flexibility index (Phi) is 3.66. The second-order valence-corrected chi connectivity index (χ2v) is 4.91. The number of methoxy groups -OCH3 is 1. The van der Waals surface area contributed by atoms with Crippen LogP contribution in [0.1, 0.15) is 26.3 Å². The van der Waals surface area contributed by atoms with E-state index in [1.54, 1.807) is 13.2 Å². The van der Waals surface area contributed by atoms with Crippen LogP contribution in [0, 0.1) is 6.92 Å². The Labute approximate surface area is 102 Å². The highest BCUT2D eigenvalue weighted by molar-refractivity contribution is 5.91. The summed E-state index contributed by atoms with van der Waals surface area (Å²) < 4.78 is 5.25. The highest BCUT2D eigenvalue weighted by Gasteiger charge is 2.31. The highest BCUT2D eigenvalue weighted by Crippen LogP contribution is 2.35. The molecule has 1 aromatic rings. The van der Waals surface area contributed by atoms with Crippen molar-refractivity contribution < 1.29 is 14.6 Å². The van der Waals surface area contributed by atoms with Crippen molar-refractivity contribution in [1.29, 1.82) is 0 Å². The lowest BCUT2D eigenvalue weighted by molar-refractivity contribution is 0.195. The summed E-state index contributed by atoms with van der Waals surface area (Å²) in [4.78, 5) is 12.8. The second-order valence-electron chi connectivity index (χ2n) is 4.91. The van der Waals surface area contributed by atoms with E-state index < -0.39 is 11.6 Å². The first-order valence-corrected chi connectivity index (χ1v) is 5.45. The predicted molar refractivity (Wildman–Crippen MR) is 68.0 cm³/mol. The van der Waals surface area contributed by atoms with Gasteiger partial charge in [0.2, 0.25) is 0 Å². The van der Waals surface area contributed by atoms with Gasteiger partial charge >= 0.3 is 6.09 Å². The molecule has 1 aromatic carbocycles. The first-order chi connectivity index (χ1) is 7.79. The average Bonchev–Trinajstić information content (AvgIpc) is 2.18. The molecule has 4 heteroatoms. The minimum atomic E-state index is -0.981. The summed E-state index contributed by atoms with van der Waals surface area (Å²) in [5, 5.41) is 9.38. The molecule has 0 heterocycles. The minimum Gasteiger partial charge on any atom is -0.495 e. The van der Waals surface area contributed by atoms with Crippen molar-refractivity contribution in [1.82, 2.24) is 0 Å². The smallest absolute Gasteiger partial charge is 0.412 e. The van der Waals surface area contributed by atoms with E-state index >= 15 is 0 Å². The lowest BCUT2D eigenvalue weighted by atomic mass is 10.0. The molecular weight excluding hydrogens is 218 g/mol. The lowest BCUT2D eigenvalue weighted by Gasteiger charge is -2.35. The monoisotopic (exact) mass is 237 g/mol. The Morgan fingerprint density at radius 1 is 1.35 bits per heavy atom. The zero-order valence-electron chi connectivity index (χ0n) is 10.9. The fourth-order valence-corrected chi connectivity index (χ4v) is 1.80. The molecule has 1 amide bonds. The van der Waals surface area contributed by atoms with Gasteiger partial charge in [0.15, 0.2) is 0 Å². The summed E-state index contributed by atoms with van der Waals surface area (Å²) in [6.45, 7) is 7.44. The van der Waals surface area contributed by atoms with Gasteiger partial charge in [0.05, 0.1) is 12.8 Å². The van der Waals surface area contributed by atoms with E-state index in [0.29, 0.717) is 11.4 Å². The summed E-state index contributed by atoms with van der Waals surface area (Å²) in [5.41, 5.74) is 0.960. The maximum absolute atomic E-state index is 11.4. The van der Waals surface area contributed by atoms with E-state index in [2.05, 4.69) is 0 Å². The SMILES string of the molecule is COc1cccc(C)c1N(C(=O)O)C(C)(C)C. The maximum Gasteiger partial charge on any atom is 0.412 e. The van der Waals surface area contributed by atoms with Crippen LogP contribution in [0.15, 0.2) is 18.2 Å². The fourth-order valence-electron chi connectivity index (χ4n) is 1.80. The van der Waals surface area contributed by atoms with E-state index in [1.807, 2.05) is 39.8 Å². The Morgan fingerprint density at radius 3 is 2.35 bits per heavy atom. The normalized spacial score (nSPS) is 11.1. The molecule has 0 unspecified atom stereocenters. The first kappa shape index (κ1) is 13.4. The van der Waals surface area contributed by atoms with Crippen LogP contribution in [0.3, 0.4) is 0 Å². The van der Waals surface area contributed by atoms with Crippen LogP contribution in [0.2, 0.25) is 0 Å². The van der Waals surface area contributed by atoms with E-state index in [0.717, 1.165) is 5.56 Å². The molecule has 0 saturated carbocycles. The van der Waals surface area contributed by atoms with E-state index in [1.165, 1.54) is 4.90 Å². The van der Waals surface area contributed by atoms with Crippen molar-refractivity contribution in [3.8, 4) is 5.75 Å². The standard InChI is InChI=1S/C13H19NO3/c1-9-7-6-8-10(17-5)11(9)14(12(15)16)13(2,3)4/h6-8H,1-5H3,(H,15,16). The van der Waals surface area contributed by atoms with Crippen molar-refractivity contribution in [3.05, 3.63) is 23.8 Å². The molecule has 0 aliphatic carbocycles. The molecule has 0 aliphatic rings. The molecule has 94 valence electrons. The third-order valence-corrected chi connectivity index (χ3v) is 2.51. The Hall–Kier alpha value is -1.71. The number of nitrogens with zero attached hydrogens (tertiary/aromatic N) is 1. The van der Waals surface area contributed by atoms with Gasteiger partial charge in [-0.25, -0.2) is 4.79 Å². The van der Waals surface area contributed by atoms with Gasteiger partial charge in [-0.2, -0.15) is 0 Å². The van der Waals surface area contributed by atoms with Crippen molar-refractivity contribution in [2.24, 2.45) is 0 Å². The third kappa shape index (κ3) is 2.70. The van der Waals surface area contributed by atoms with Crippen LogP contribution < -0.4 is 9.64 Å². The first-order valence-electron chi connectivity index (χ1n) is 5.45. The number of anilines is 1. The number of rotatable bonds is 2. The largest absolute Gasteiger partial charge is 0.495 e. The molecule has 0 saturated heterocycles. The number of ether oxygens (including phenoxy) is 1. The van der Waals surface area contributed by atoms with Gasteiger partial charge in [0.25, 0.3) is 0 Å². The van der Waals surface area contributed by atoms with Gasteiger partial charge in [-0.15, -0.1) is 0 Å². The van der Waals surface area contributed by atoms with Gasteiger partial charge in [-0.3, -0.25) is 4.90 Å². The molecule has 1 N–H and O–H groups in total. The van der Waals surface area contributed by atoms with Crippen LogP contribution in [0.5, 0.6) is 5.75 Å². The Morgan fingerprint density at radius 2 is 1.94 bits per heavy atom. The predicted octanol–water partition coefficient (Wildman–Crippen LogP) is 3.29. The van der Waals surface area contributed by atoms with Crippen LogP contribution >= 0.6 is 0 Å². The Bertz CT molecular complexity index is 421. The number of amides is 1. The summed E-state index contributed by atoms with van der Waals surface area (Å²) in [5.74, 6) is 0.572. The molecule has 4 nitrogen and oxygen atoms in total. The number of para-hydroxylation sites is 1. The van der Waals surface area contributed by atoms with Gasteiger partial charge < -0.3 is 9.84 Å². The minimum absolute atomic E-state index is 0.523. The molecule has 0 radical (unpaired) electrons. The number of carboxylic acid groups (broad SMARTS) is 1. The topological polar surface area (TPSA) is 49.8 Å². The van der Waals surface area contributed by atoms with E-state index in [-0.39, 0.29) is 0 Å². The number of hydrogen-bond acceptors (Lipinski definition) is 2. The number of aryl methyl sites for hydroxylation is 1. The Balaban J connectivity index is 3.43.